The predicted octanol–water partition coefficient (Wildman–Crippen LogP) is 2.06. The maximum Gasteiger partial charge on any atom is 0.253 e. The van der Waals surface area contributed by atoms with Gasteiger partial charge < -0.3 is 15.3 Å². The van der Waals surface area contributed by atoms with Crippen LogP contribution in [0.2, 0.25) is 0 Å². The highest BCUT2D eigenvalue weighted by Gasteiger charge is 2.28. The van der Waals surface area contributed by atoms with E-state index in [4.69, 9.17) is 0 Å². The minimum Gasteiger partial charge on any atom is -0.393 e. The number of nitrogens with zero attached hydrogens (tertiary/aromatic N) is 1. The molecule has 2 rings (SSSR count). The second kappa shape index (κ2) is 8.83. The summed E-state index contributed by atoms with van der Waals surface area (Å²) in [5.41, 5.74) is 0.670. The van der Waals surface area contributed by atoms with E-state index in [9.17, 15) is 14.7 Å². The Hall–Kier alpha value is -1.88. The number of piperidine rings is 1. The lowest BCUT2D eigenvalue weighted by molar-refractivity contribution is -0.126. The zero-order chi connectivity index (χ0) is 17.5. The zero-order valence-electron chi connectivity index (χ0n) is 14.6. The number of hydrogen-bond acceptors (Lipinski definition) is 3. The summed E-state index contributed by atoms with van der Waals surface area (Å²) in [6.45, 7) is 5.51. The molecule has 2 amide bonds. The van der Waals surface area contributed by atoms with Crippen molar-refractivity contribution in [1.29, 1.82) is 0 Å². The molecular formula is C19H28N2O3. The van der Waals surface area contributed by atoms with Gasteiger partial charge in [0.1, 0.15) is 0 Å². The first-order chi connectivity index (χ1) is 11.5. The first-order valence-corrected chi connectivity index (χ1v) is 8.77. The van der Waals surface area contributed by atoms with Gasteiger partial charge in [-0.25, -0.2) is 0 Å². The lowest BCUT2D eigenvalue weighted by Gasteiger charge is -2.32. The lowest BCUT2D eigenvalue weighted by Crippen LogP contribution is -2.46. The van der Waals surface area contributed by atoms with Crippen molar-refractivity contribution in [3.8, 4) is 0 Å². The Morgan fingerprint density at radius 2 is 2.00 bits per heavy atom. The molecule has 3 unspecified atom stereocenters. The Balaban J connectivity index is 1.86. The number of aliphatic hydroxyl groups excluding tert-OH is 1. The summed E-state index contributed by atoms with van der Waals surface area (Å²) < 4.78 is 0. The number of rotatable bonds is 6. The van der Waals surface area contributed by atoms with Gasteiger partial charge >= 0.3 is 0 Å². The summed E-state index contributed by atoms with van der Waals surface area (Å²) in [4.78, 5) is 26.7. The van der Waals surface area contributed by atoms with E-state index < -0.39 is 0 Å². The maximum absolute atomic E-state index is 12.5. The number of benzene rings is 1. The minimum absolute atomic E-state index is 0.00410. The van der Waals surface area contributed by atoms with Crippen LogP contribution in [0, 0.1) is 11.8 Å². The molecule has 1 heterocycles. The molecule has 0 aliphatic carbocycles. The van der Waals surface area contributed by atoms with Crippen LogP contribution in [-0.4, -0.2) is 47.6 Å². The van der Waals surface area contributed by atoms with E-state index in [2.05, 4.69) is 5.32 Å². The van der Waals surface area contributed by atoms with Crippen molar-refractivity contribution in [3.63, 3.8) is 0 Å². The molecule has 1 aliphatic rings. The van der Waals surface area contributed by atoms with Crippen LogP contribution in [0.1, 0.15) is 43.5 Å². The number of nitrogens with one attached hydrogen (secondary N) is 1. The van der Waals surface area contributed by atoms with Gasteiger partial charge in [0, 0.05) is 25.2 Å². The van der Waals surface area contributed by atoms with Crippen LogP contribution in [0.15, 0.2) is 30.3 Å². The average Bonchev–Trinajstić information content (AvgIpc) is 2.59. The quantitative estimate of drug-likeness (QED) is 0.838. The third kappa shape index (κ3) is 5.34. The van der Waals surface area contributed by atoms with E-state index >= 15 is 0 Å². The second-order valence-electron chi connectivity index (χ2n) is 6.89. The molecule has 0 aromatic heterocycles. The number of aliphatic hydroxyl groups is 1. The molecule has 0 radical (unpaired) electrons. The van der Waals surface area contributed by atoms with Gasteiger partial charge in [0.05, 0.1) is 12.0 Å². The normalized spacial score (nSPS) is 20.3. The Kier molecular flexibility index (Phi) is 6.79. The number of carbonyl (C=O) groups is 2. The molecule has 24 heavy (non-hydrogen) atoms. The van der Waals surface area contributed by atoms with Crippen LogP contribution in [0.4, 0.5) is 0 Å². The summed E-state index contributed by atoms with van der Waals surface area (Å²) in [5.74, 6) is 0.0957. The summed E-state index contributed by atoms with van der Waals surface area (Å²) in [6.07, 6.45) is 1.98. The van der Waals surface area contributed by atoms with Gasteiger partial charge in [-0.2, -0.15) is 0 Å². The summed E-state index contributed by atoms with van der Waals surface area (Å²) >= 11 is 0. The van der Waals surface area contributed by atoms with Crippen molar-refractivity contribution in [2.45, 2.75) is 39.2 Å². The van der Waals surface area contributed by atoms with E-state index in [1.807, 2.05) is 37.3 Å². The van der Waals surface area contributed by atoms with E-state index in [0.717, 1.165) is 12.8 Å². The maximum atomic E-state index is 12.5. The van der Waals surface area contributed by atoms with Crippen LogP contribution < -0.4 is 5.32 Å². The summed E-state index contributed by atoms with van der Waals surface area (Å²) in [7, 11) is 0. The van der Waals surface area contributed by atoms with Crippen molar-refractivity contribution >= 4 is 11.8 Å². The third-order valence-corrected chi connectivity index (χ3v) is 4.47. The largest absolute Gasteiger partial charge is 0.393 e. The monoisotopic (exact) mass is 332 g/mol. The Morgan fingerprint density at radius 3 is 2.67 bits per heavy atom. The van der Waals surface area contributed by atoms with Crippen molar-refractivity contribution < 1.29 is 14.7 Å². The Bertz CT molecular complexity index is 545. The van der Waals surface area contributed by atoms with Crippen LogP contribution in [-0.2, 0) is 4.79 Å². The van der Waals surface area contributed by atoms with Crippen molar-refractivity contribution in [2.24, 2.45) is 11.8 Å². The molecular weight excluding hydrogens is 304 g/mol. The molecule has 2 N–H and O–H groups in total. The second-order valence-corrected chi connectivity index (χ2v) is 6.89. The van der Waals surface area contributed by atoms with Crippen LogP contribution in [0.3, 0.4) is 0 Å². The molecule has 1 aromatic rings. The average molecular weight is 332 g/mol. The van der Waals surface area contributed by atoms with E-state index in [1.165, 1.54) is 0 Å². The van der Waals surface area contributed by atoms with Crippen molar-refractivity contribution in [2.75, 3.05) is 19.6 Å². The molecule has 1 fully saturated rings. The summed E-state index contributed by atoms with van der Waals surface area (Å²) in [5, 5.41) is 12.4. The molecule has 5 heteroatoms. The highest BCUT2D eigenvalue weighted by Crippen LogP contribution is 2.19. The van der Waals surface area contributed by atoms with Gasteiger partial charge in [0.25, 0.3) is 5.91 Å². The highest BCUT2D eigenvalue weighted by atomic mass is 16.3. The van der Waals surface area contributed by atoms with Crippen LogP contribution >= 0.6 is 0 Å². The first-order valence-electron chi connectivity index (χ1n) is 8.77. The van der Waals surface area contributed by atoms with Crippen molar-refractivity contribution in [1.82, 2.24) is 10.2 Å². The standard InChI is InChI=1S/C19H28N2O3/c1-14(11-15(2)22)12-20-18(23)17-9-6-10-21(13-17)19(24)16-7-4-3-5-8-16/h3-5,7-8,14-15,17,22H,6,9-13H2,1-2H3,(H,20,23). The lowest BCUT2D eigenvalue weighted by atomic mass is 9.96. The molecule has 5 nitrogen and oxygen atoms in total. The molecule has 0 saturated carbocycles. The van der Waals surface area contributed by atoms with Crippen LogP contribution in [0.25, 0.3) is 0 Å². The minimum atomic E-state index is -0.356. The molecule has 1 aliphatic heterocycles. The smallest absolute Gasteiger partial charge is 0.253 e. The van der Waals surface area contributed by atoms with Crippen LogP contribution in [0.5, 0.6) is 0 Å². The number of likely N-dealkylation sites (tertiary alicyclic amines) is 1. The number of carbonyl (C=O) groups excluding carboxylic acids is 2. The fraction of sp³-hybridized carbons (Fsp3) is 0.579. The van der Waals surface area contributed by atoms with E-state index in [-0.39, 0.29) is 29.8 Å². The molecule has 0 spiro atoms. The zero-order valence-corrected chi connectivity index (χ0v) is 14.6. The predicted molar refractivity (Wildman–Crippen MR) is 93.5 cm³/mol. The van der Waals surface area contributed by atoms with Crippen molar-refractivity contribution in [3.05, 3.63) is 35.9 Å². The van der Waals surface area contributed by atoms with E-state index in [0.29, 0.717) is 31.6 Å². The molecule has 0 bridgehead atoms. The first kappa shape index (κ1) is 18.5. The molecule has 132 valence electrons. The van der Waals surface area contributed by atoms with Gasteiger partial charge in [-0.1, -0.05) is 25.1 Å². The highest BCUT2D eigenvalue weighted by molar-refractivity contribution is 5.94. The van der Waals surface area contributed by atoms with Gasteiger partial charge in [-0.05, 0) is 44.2 Å². The fourth-order valence-electron chi connectivity index (χ4n) is 3.22. The molecule has 3 atom stereocenters. The Labute approximate surface area is 144 Å². The number of hydrogen-bond donors (Lipinski definition) is 2. The van der Waals surface area contributed by atoms with Gasteiger partial charge in [-0.15, -0.1) is 0 Å². The molecule has 1 aromatic carbocycles. The van der Waals surface area contributed by atoms with E-state index in [1.54, 1.807) is 11.8 Å². The van der Waals surface area contributed by atoms with Gasteiger partial charge in [0.2, 0.25) is 5.91 Å². The van der Waals surface area contributed by atoms with Gasteiger partial charge in [0.15, 0.2) is 0 Å². The number of amides is 2. The Morgan fingerprint density at radius 1 is 1.29 bits per heavy atom. The third-order valence-electron chi connectivity index (χ3n) is 4.47. The summed E-state index contributed by atoms with van der Waals surface area (Å²) in [6, 6.07) is 9.21. The SMILES string of the molecule is CC(O)CC(C)CNC(=O)C1CCCN(C(=O)c2ccccc2)C1. The fourth-order valence-corrected chi connectivity index (χ4v) is 3.22. The van der Waals surface area contributed by atoms with Gasteiger partial charge in [-0.3, -0.25) is 9.59 Å². The topological polar surface area (TPSA) is 69.6 Å². The molecule has 1 saturated heterocycles.